The van der Waals surface area contributed by atoms with Gasteiger partial charge in [0, 0.05) is 0 Å². The second-order valence-corrected chi connectivity index (χ2v) is 2.85. The molecule has 0 radical (unpaired) electrons. The number of nitrogens with two attached hydrogens (primary N) is 1. The first-order chi connectivity index (χ1) is 4.29. The summed E-state index contributed by atoms with van der Waals surface area (Å²) < 4.78 is 5.27. The van der Waals surface area contributed by atoms with Crippen molar-refractivity contribution in [1.29, 1.82) is 0 Å². The number of ether oxygens (including phenoxy) is 1. The van der Waals surface area contributed by atoms with Crippen molar-refractivity contribution in [3.05, 3.63) is 0 Å². The summed E-state index contributed by atoms with van der Waals surface area (Å²) in [4.78, 5) is 0.460. The van der Waals surface area contributed by atoms with Crippen LogP contribution in [0.4, 0.5) is 0 Å². The minimum atomic E-state index is 0.450. The first-order valence-electron chi connectivity index (χ1n) is 3.19. The first-order valence-corrected chi connectivity index (χ1v) is 3.60. The molecule has 52 valence electrons. The summed E-state index contributed by atoms with van der Waals surface area (Å²) in [6, 6.07) is 0. The lowest BCUT2D eigenvalue weighted by Gasteiger charge is -2.24. The highest BCUT2D eigenvalue weighted by atomic mass is 32.1. The standard InChI is InChI=1S/C6H11NOS/c7-6(9)4-8-5-2-1-3-5/h5H,1-4H2,(H2,7,9). The summed E-state index contributed by atoms with van der Waals surface area (Å²) >= 11 is 4.64. The highest BCUT2D eigenvalue weighted by molar-refractivity contribution is 7.80. The summed E-state index contributed by atoms with van der Waals surface area (Å²) in [5.41, 5.74) is 5.23. The monoisotopic (exact) mass is 145 g/mol. The van der Waals surface area contributed by atoms with Gasteiger partial charge in [-0.3, -0.25) is 0 Å². The molecule has 0 atom stereocenters. The zero-order chi connectivity index (χ0) is 6.69. The second kappa shape index (κ2) is 3.13. The zero-order valence-corrected chi connectivity index (χ0v) is 6.12. The van der Waals surface area contributed by atoms with Gasteiger partial charge >= 0.3 is 0 Å². The molecule has 0 aromatic heterocycles. The minimum absolute atomic E-state index is 0.450. The van der Waals surface area contributed by atoms with E-state index in [1.165, 1.54) is 19.3 Å². The fourth-order valence-electron chi connectivity index (χ4n) is 0.737. The van der Waals surface area contributed by atoms with E-state index in [0.29, 0.717) is 17.7 Å². The molecule has 2 N–H and O–H groups in total. The average molecular weight is 145 g/mol. The molecule has 1 saturated carbocycles. The molecule has 0 amide bonds. The van der Waals surface area contributed by atoms with Gasteiger partial charge in [0.1, 0.15) is 0 Å². The lowest BCUT2D eigenvalue weighted by Crippen LogP contribution is -2.26. The maximum Gasteiger partial charge on any atom is 0.0989 e. The van der Waals surface area contributed by atoms with Gasteiger partial charge in [0.15, 0.2) is 0 Å². The zero-order valence-electron chi connectivity index (χ0n) is 5.30. The van der Waals surface area contributed by atoms with Crippen molar-refractivity contribution in [3.63, 3.8) is 0 Å². The van der Waals surface area contributed by atoms with Gasteiger partial charge in [-0.2, -0.15) is 0 Å². The van der Waals surface area contributed by atoms with Gasteiger partial charge in [-0.1, -0.05) is 12.2 Å². The van der Waals surface area contributed by atoms with E-state index in [-0.39, 0.29) is 0 Å². The highest BCUT2D eigenvalue weighted by Crippen LogP contribution is 2.21. The summed E-state index contributed by atoms with van der Waals surface area (Å²) in [6.45, 7) is 0.458. The third kappa shape index (κ3) is 2.28. The number of thiocarbonyl (C=S) groups is 1. The third-order valence-corrected chi connectivity index (χ3v) is 1.63. The van der Waals surface area contributed by atoms with E-state index in [4.69, 9.17) is 10.5 Å². The highest BCUT2D eigenvalue weighted by Gasteiger charge is 2.17. The molecule has 9 heavy (non-hydrogen) atoms. The van der Waals surface area contributed by atoms with Crippen LogP contribution in [0.15, 0.2) is 0 Å². The Morgan fingerprint density at radius 3 is 2.67 bits per heavy atom. The summed E-state index contributed by atoms with van der Waals surface area (Å²) in [5, 5.41) is 0. The van der Waals surface area contributed by atoms with Crippen LogP contribution in [0.2, 0.25) is 0 Å². The molecule has 0 heterocycles. The van der Waals surface area contributed by atoms with E-state index in [0.717, 1.165) is 0 Å². The van der Waals surface area contributed by atoms with Gasteiger partial charge in [0.05, 0.1) is 17.7 Å². The van der Waals surface area contributed by atoms with Crippen LogP contribution in [0, 0.1) is 0 Å². The lowest BCUT2D eigenvalue weighted by molar-refractivity contribution is 0.0250. The van der Waals surface area contributed by atoms with Gasteiger partial charge in [-0.05, 0) is 19.3 Å². The van der Waals surface area contributed by atoms with Gasteiger partial charge in [0.2, 0.25) is 0 Å². The van der Waals surface area contributed by atoms with Crippen LogP contribution in [0.5, 0.6) is 0 Å². The molecular formula is C6H11NOS. The van der Waals surface area contributed by atoms with Crippen LogP contribution < -0.4 is 5.73 Å². The number of hydrogen-bond donors (Lipinski definition) is 1. The van der Waals surface area contributed by atoms with Crippen LogP contribution in [0.3, 0.4) is 0 Å². The molecule has 0 spiro atoms. The van der Waals surface area contributed by atoms with Crippen molar-refractivity contribution < 1.29 is 4.74 Å². The van der Waals surface area contributed by atoms with E-state index in [9.17, 15) is 0 Å². The lowest BCUT2D eigenvalue weighted by atomic mass is 9.96. The summed E-state index contributed by atoms with van der Waals surface area (Å²) in [7, 11) is 0. The Morgan fingerprint density at radius 2 is 2.33 bits per heavy atom. The largest absolute Gasteiger partial charge is 0.391 e. The van der Waals surface area contributed by atoms with Gasteiger partial charge < -0.3 is 10.5 Å². The smallest absolute Gasteiger partial charge is 0.0989 e. The average Bonchev–Trinajstić information content (AvgIpc) is 1.60. The Balaban J connectivity index is 1.97. The molecule has 0 bridgehead atoms. The van der Waals surface area contributed by atoms with Crippen LogP contribution in [0.1, 0.15) is 19.3 Å². The van der Waals surface area contributed by atoms with Crippen molar-refractivity contribution in [2.45, 2.75) is 25.4 Å². The quantitative estimate of drug-likeness (QED) is 0.598. The van der Waals surface area contributed by atoms with Crippen molar-refractivity contribution in [2.75, 3.05) is 6.61 Å². The topological polar surface area (TPSA) is 35.2 Å². The maximum atomic E-state index is 5.27. The van der Waals surface area contributed by atoms with Gasteiger partial charge in [-0.15, -0.1) is 0 Å². The van der Waals surface area contributed by atoms with Crippen molar-refractivity contribution >= 4 is 17.2 Å². The Kier molecular flexibility index (Phi) is 2.42. The molecule has 1 aliphatic carbocycles. The molecule has 1 fully saturated rings. The summed E-state index contributed by atoms with van der Waals surface area (Å²) in [5.74, 6) is 0. The SMILES string of the molecule is NC(=S)COC1CCC1. The molecule has 2 nitrogen and oxygen atoms in total. The fourth-order valence-corrected chi connectivity index (χ4v) is 0.805. The van der Waals surface area contributed by atoms with E-state index in [2.05, 4.69) is 12.2 Å². The Labute approximate surface area is 60.4 Å². The molecule has 1 rings (SSSR count). The third-order valence-electron chi connectivity index (χ3n) is 1.51. The Bertz CT molecular complexity index is 112. The maximum absolute atomic E-state index is 5.27. The van der Waals surface area contributed by atoms with Crippen LogP contribution in [0.25, 0.3) is 0 Å². The molecule has 0 unspecified atom stereocenters. The predicted molar refractivity (Wildman–Crippen MR) is 40.4 cm³/mol. The van der Waals surface area contributed by atoms with Crippen LogP contribution in [-0.2, 0) is 4.74 Å². The van der Waals surface area contributed by atoms with Crippen LogP contribution in [-0.4, -0.2) is 17.7 Å². The Morgan fingerprint density at radius 1 is 1.67 bits per heavy atom. The minimum Gasteiger partial charge on any atom is -0.391 e. The second-order valence-electron chi connectivity index (χ2n) is 2.33. The van der Waals surface area contributed by atoms with E-state index >= 15 is 0 Å². The molecule has 1 aliphatic rings. The molecule has 0 aromatic carbocycles. The van der Waals surface area contributed by atoms with Gasteiger partial charge in [-0.25, -0.2) is 0 Å². The van der Waals surface area contributed by atoms with E-state index in [1.54, 1.807) is 0 Å². The molecule has 0 aliphatic heterocycles. The van der Waals surface area contributed by atoms with E-state index < -0.39 is 0 Å². The van der Waals surface area contributed by atoms with Crippen molar-refractivity contribution in [2.24, 2.45) is 5.73 Å². The van der Waals surface area contributed by atoms with Crippen molar-refractivity contribution in [3.8, 4) is 0 Å². The molecule has 3 heteroatoms. The number of hydrogen-bond acceptors (Lipinski definition) is 2. The fraction of sp³-hybridized carbons (Fsp3) is 0.833. The molecule has 0 aromatic rings. The van der Waals surface area contributed by atoms with Gasteiger partial charge in [0.25, 0.3) is 0 Å². The predicted octanol–water partition coefficient (Wildman–Crippen LogP) is 0.842. The van der Waals surface area contributed by atoms with Crippen molar-refractivity contribution in [1.82, 2.24) is 0 Å². The number of rotatable bonds is 3. The molecular weight excluding hydrogens is 134 g/mol. The Hall–Kier alpha value is -0.150. The normalized spacial score (nSPS) is 19.1. The molecule has 0 saturated heterocycles. The van der Waals surface area contributed by atoms with Crippen LogP contribution >= 0.6 is 12.2 Å². The first kappa shape index (κ1) is 6.96. The van der Waals surface area contributed by atoms with E-state index in [1.807, 2.05) is 0 Å². The summed E-state index contributed by atoms with van der Waals surface area (Å²) in [6.07, 6.45) is 4.11.